The van der Waals surface area contributed by atoms with Crippen LogP contribution in [-0.2, 0) is 23.9 Å². The Labute approximate surface area is 186 Å². The van der Waals surface area contributed by atoms with E-state index in [1.165, 1.54) is 27.9 Å². The van der Waals surface area contributed by atoms with Crippen LogP contribution in [0.25, 0.3) is 20.9 Å². The molecule has 0 aromatic carbocycles. The van der Waals surface area contributed by atoms with Crippen LogP contribution in [0.3, 0.4) is 0 Å². The molecule has 0 rings (SSSR count). The van der Waals surface area contributed by atoms with Crippen molar-refractivity contribution < 1.29 is 29.0 Å². The number of azide groups is 2. The van der Waals surface area contributed by atoms with Gasteiger partial charge in [0.05, 0.1) is 7.11 Å². The monoisotopic (exact) mass is 456 g/mol. The average molecular weight is 457 g/mol. The quantitative estimate of drug-likeness (QED) is 0.117. The zero-order chi connectivity index (χ0) is 25.0. The highest BCUT2D eigenvalue weighted by Gasteiger charge is 2.31. The van der Waals surface area contributed by atoms with Crippen LogP contribution in [0.15, 0.2) is 10.2 Å². The fourth-order valence-corrected chi connectivity index (χ4v) is 2.31. The molecule has 3 N–H and O–H groups in total. The lowest BCUT2D eigenvalue weighted by Crippen LogP contribution is -2.32. The summed E-state index contributed by atoms with van der Waals surface area (Å²) in [5.41, 5.74) is 15.1. The number of amides is 2. The minimum Gasteiger partial charge on any atom is -0.481 e. The maximum atomic E-state index is 11.1. The van der Waals surface area contributed by atoms with Gasteiger partial charge in [0, 0.05) is 36.8 Å². The molecule has 180 valence electrons. The second kappa shape index (κ2) is 18.3. The van der Waals surface area contributed by atoms with Crippen LogP contribution in [0, 0.1) is 0 Å². The summed E-state index contributed by atoms with van der Waals surface area (Å²) in [6.07, 6.45) is 3.32. The fraction of sp³-hybridized carbons (Fsp3) is 0.778. The van der Waals surface area contributed by atoms with Crippen molar-refractivity contribution in [2.24, 2.45) is 10.2 Å². The average Bonchev–Trinajstić information content (AvgIpc) is 2.72. The molecule has 14 nitrogen and oxygen atoms in total. The highest BCUT2D eigenvalue weighted by molar-refractivity contribution is 5.78. The van der Waals surface area contributed by atoms with E-state index >= 15 is 0 Å². The first-order chi connectivity index (χ1) is 15.0. The van der Waals surface area contributed by atoms with Crippen molar-refractivity contribution in [3.8, 4) is 0 Å². The van der Waals surface area contributed by atoms with Crippen molar-refractivity contribution in [2.45, 2.75) is 70.9 Å². The van der Waals surface area contributed by atoms with E-state index in [1.54, 1.807) is 0 Å². The van der Waals surface area contributed by atoms with Crippen LogP contribution >= 0.6 is 0 Å². The molecule has 0 fully saturated rings. The van der Waals surface area contributed by atoms with E-state index < -0.39 is 23.5 Å². The zero-order valence-electron chi connectivity index (χ0n) is 18.9. The lowest BCUT2D eigenvalue weighted by molar-refractivity contribution is -0.143. The summed E-state index contributed by atoms with van der Waals surface area (Å²) in [7, 11) is 1.25. The number of hydrogen-bond acceptors (Lipinski definition) is 7. The van der Waals surface area contributed by atoms with Crippen LogP contribution in [0.4, 0.5) is 0 Å². The van der Waals surface area contributed by atoms with Gasteiger partial charge in [-0.2, -0.15) is 0 Å². The van der Waals surface area contributed by atoms with Crippen molar-refractivity contribution in [1.82, 2.24) is 10.6 Å². The number of carboxylic acid groups (broad SMARTS) is 1. The van der Waals surface area contributed by atoms with E-state index in [0.717, 1.165) is 6.42 Å². The predicted molar refractivity (Wildman–Crippen MR) is 115 cm³/mol. The molecule has 0 aliphatic carbocycles. The molecule has 32 heavy (non-hydrogen) atoms. The lowest BCUT2D eigenvalue weighted by atomic mass is 9.96. The van der Waals surface area contributed by atoms with E-state index in [-0.39, 0.29) is 18.2 Å². The Hall–Kier alpha value is -3.50. The molecule has 0 heterocycles. The molecule has 2 atom stereocenters. The van der Waals surface area contributed by atoms with Crippen molar-refractivity contribution in [2.75, 3.05) is 20.2 Å². The first-order valence-electron chi connectivity index (χ1n) is 9.94. The van der Waals surface area contributed by atoms with Gasteiger partial charge in [0.15, 0.2) is 0 Å². The summed E-state index contributed by atoms with van der Waals surface area (Å²) in [4.78, 5) is 48.2. The van der Waals surface area contributed by atoms with Crippen LogP contribution in [-0.4, -0.2) is 60.6 Å². The topological polar surface area (TPSA) is 219 Å². The van der Waals surface area contributed by atoms with Gasteiger partial charge in [-0.25, -0.2) is 0 Å². The van der Waals surface area contributed by atoms with Crippen LogP contribution < -0.4 is 10.6 Å². The second-order valence-corrected chi connectivity index (χ2v) is 6.93. The third-order valence-corrected chi connectivity index (χ3v) is 4.13. The molecule has 0 aliphatic rings. The van der Waals surface area contributed by atoms with Crippen LogP contribution in [0.2, 0.25) is 0 Å². The van der Waals surface area contributed by atoms with Gasteiger partial charge in [0.25, 0.3) is 0 Å². The summed E-state index contributed by atoms with van der Waals surface area (Å²) < 4.78 is 4.49. The number of carboxylic acids is 1. The van der Waals surface area contributed by atoms with Gasteiger partial charge in [-0.1, -0.05) is 23.1 Å². The molecule has 2 amide bonds. The number of aliphatic carboxylic acids is 1. The molecule has 0 aliphatic heterocycles. The molecular formula is C18H32N8O6. The van der Waals surface area contributed by atoms with Crippen LogP contribution in [0.1, 0.15) is 59.3 Å². The molecule has 0 saturated heterocycles. The Morgan fingerprint density at radius 1 is 1.00 bits per heavy atom. The van der Waals surface area contributed by atoms with E-state index in [4.69, 9.17) is 16.2 Å². The SMILES string of the molecule is CC(=O)NCCCC[C@](C)(N=[N+]=[N-])C(=O)O.COC(=O)[C@H](CCCCNC(C)=O)N=[N+]=[N-]. The summed E-state index contributed by atoms with van der Waals surface area (Å²) in [5.74, 6) is -1.86. The smallest absolute Gasteiger partial charge is 0.315 e. The van der Waals surface area contributed by atoms with Gasteiger partial charge < -0.3 is 20.5 Å². The number of methoxy groups -OCH3 is 1. The molecule has 0 aromatic rings. The lowest BCUT2D eigenvalue weighted by Gasteiger charge is -2.17. The summed E-state index contributed by atoms with van der Waals surface area (Å²) >= 11 is 0. The standard InChI is InChI=1S/2C9H16N4O3/c1-7(14)11-6-4-3-5-9(2,8(15)16)12-13-10;1-7(14)11-6-4-3-5-8(12-13-10)9(15)16-2/h3-6H2,1-2H3,(H,11,14)(H,15,16);8H,3-6H2,1-2H3,(H,11,14)/t9-;8-/m00/s1. The van der Waals surface area contributed by atoms with E-state index in [2.05, 4.69) is 35.4 Å². The molecule has 14 heteroatoms. The second-order valence-electron chi connectivity index (χ2n) is 6.93. The third kappa shape index (κ3) is 16.3. The Balaban J connectivity index is 0. The number of nitrogens with one attached hydrogen (secondary N) is 2. The minimum absolute atomic E-state index is 0.0837. The third-order valence-electron chi connectivity index (χ3n) is 4.13. The number of nitrogens with zero attached hydrogens (tertiary/aromatic N) is 6. The number of unbranched alkanes of at least 4 members (excludes halogenated alkanes) is 2. The van der Waals surface area contributed by atoms with E-state index in [1.807, 2.05) is 0 Å². The van der Waals surface area contributed by atoms with Crippen molar-refractivity contribution in [3.05, 3.63) is 20.9 Å². The number of carbonyl (C=O) groups is 4. The highest BCUT2D eigenvalue weighted by atomic mass is 16.5. The fourth-order valence-electron chi connectivity index (χ4n) is 2.31. The van der Waals surface area contributed by atoms with Crippen molar-refractivity contribution in [3.63, 3.8) is 0 Å². The van der Waals surface area contributed by atoms with Crippen molar-refractivity contribution >= 4 is 23.8 Å². The molecular weight excluding hydrogens is 424 g/mol. The molecule has 0 radical (unpaired) electrons. The Kier molecular flexibility index (Phi) is 17.5. The molecule has 0 spiro atoms. The number of carbonyl (C=O) groups excluding carboxylic acids is 3. The largest absolute Gasteiger partial charge is 0.481 e. The van der Waals surface area contributed by atoms with Gasteiger partial charge in [-0.3, -0.25) is 19.2 Å². The zero-order valence-corrected chi connectivity index (χ0v) is 18.9. The predicted octanol–water partition coefficient (Wildman–Crippen LogP) is 2.59. The van der Waals surface area contributed by atoms with Gasteiger partial charge in [0.1, 0.15) is 11.6 Å². The first kappa shape index (κ1) is 30.7. The normalized spacial score (nSPS) is 12.2. The number of rotatable bonds is 14. The van der Waals surface area contributed by atoms with E-state index in [9.17, 15) is 19.2 Å². The van der Waals surface area contributed by atoms with Gasteiger partial charge in [-0.05, 0) is 43.7 Å². The van der Waals surface area contributed by atoms with Crippen molar-refractivity contribution in [1.29, 1.82) is 0 Å². The number of esters is 1. The number of hydrogen-bond donors (Lipinski definition) is 3. The number of ether oxygens (including phenoxy) is 1. The van der Waals surface area contributed by atoms with Gasteiger partial charge in [0.2, 0.25) is 11.8 Å². The van der Waals surface area contributed by atoms with Gasteiger partial charge in [-0.15, -0.1) is 0 Å². The summed E-state index contributed by atoms with van der Waals surface area (Å²) in [5, 5.41) is 20.7. The Morgan fingerprint density at radius 3 is 1.94 bits per heavy atom. The highest BCUT2D eigenvalue weighted by Crippen LogP contribution is 2.19. The Morgan fingerprint density at radius 2 is 1.53 bits per heavy atom. The summed E-state index contributed by atoms with van der Waals surface area (Å²) in [6.45, 7) is 5.30. The maximum absolute atomic E-state index is 11.1. The van der Waals surface area contributed by atoms with E-state index in [0.29, 0.717) is 38.8 Å². The molecule has 0 saturated carbocycles. The maximum Gasteiger partial charge on any atom is 0.315 e. The molecule has 0 unspecified atom stereocenters. The molecule has 0 aromatic heterocycles. The van der Waals surface area contributed by atoms with Crippen LogP contribution in [0.5, 0.6) is 0 Å². The first-order valence-corrected chi connectivity index (χ1v) is 9.94. The minimum atomic E-state index is -1.40. The summed E-state index contributed by atoms with van der Waals surface area (Å²) in [6, 6.07) is -0.771. The Bertz CT molecular complexity index is 712. The van der Waals surface area contributed by atoms with Gasteiger partial charge >= 0.3 is 11.9 Å². The molecule has 0 bridgehead atoms.